The molecule has 0 amide bonds. The van der Waals surface area contributed by atoms with Crippen molar-refractivity contribution in [3.63, 3.8) is 0 Å². The maximum atomic E-state index is 12.0. The van der Waals surface area contributed by atoms with Crippen LogP contribution < -0.4 is 5.32 Å². The zero-order chi connectivity index (χ0) is 13.4. The molecule has 18 heavy (non-hydrogen) atoms. The molecule has 5 heteroatoms. The summed E-state index contributed by atoms with van der Waals surface area (Å²) in [6.45, 7) is 3.27. The summed E-state index contributed by atoms with van der Waals surface area (Å²) in [4.78, 5) is 0. The van der Waals surface area contributed by atoms with E-state index in [1.807, 2.05) is 0 Å². The van der Waals surface area contributed by atoms with Gasteiger partial charge in [-0.15, -0.1) is 0 Å². The van der Waals surface area contributed by atoms with Crippen molar-refractivity contribution in [1.29, 1.82) is 0 Å². The van der Waals surface area contributed by atoms with Crippen LogP contribution in [0, 0.1) is 0 Å². The molecule has 0 aromatic rings. The molecule has 0 aromatic heterocycles. The molecule has 0 heterocycles. The molecule has 0 aromatic carbocycles. The molecule has 0 aliphatic heterocycles. The molecule has 2 atom stereocenters. The van der Waals surface area contributed by atoms with Crippen LogP contribution in [0.25, 0.3) is 0 Å². The molecule has 1 fully saturated rings. The first-order valence-corrected chi connectivity index (χ1v) is 6.94. The second-order valence-corrected chi connectivity index (χ2v) is 4.97. The van der Waals surface area contributed by atoms with E-state index in [2.05, 4.69) is 12.2 Å². The molecular weight excluding hydrogens is 243 g/mol. The molecule has 1 saturated carbocycles. The number of rotatable bonds is 7. The second kappa shape index (κ2) is 8.00. The molecule has 0 saturated heterocycles. The van der Waals surface area contributed by atoms with E-state index in [1.54, 1.807) is 0 Å². The second-order valence-electron chi connectivity index (χ2n) is 4.97. The van der Waals surface area contributed by atoms with Gasteiger partial charge in [0.05, 0.1) is 6.10 Å². The molecule has 1 aliphatic carbocycles. The van der Waals surface area contributed by atoms with Crippen molar-refractivity contribution in [2.45, 2.75) is 70.2 Å². The van der Waals surface area contributed by atoms with Crippen molar-refractivity contribution in [2.24, 2.45) is 0 Å². The number of nitrogens with one attached hydrogen (secondary N) is 1. The van der Waals surface area contributed by atoms with Gasteiger partial charge in [0.15, 0.2) is 0 Å². The highest BCUT2D eigenvalue weighted by atomic mass is 19.4. The molecule has 2 nitrogen and oxygen atoms in total. The summed E-state index contributed by atoms with van der Waals surface area (Å²) in [6.07, 6.45) is 0.772. The molecule has 1 rings (SSSR count). The quantitative estimate of drug-likeness (QED) is 0.711. The third-order valence-corrected chi connectivity index (χ3v) is 3.30. The average Bonchev–Trinajstić information content (AvgIpc) is 2.32. The highest BCUT2D eigenvalue weighted by molar-refractivity contribution is 4.81. The zero-order valence-electron chi connectivity index (χ0n) is 11.1. The zero-order valence-corrected chi connectivity index (χ0v) is 11.1. The Hall–Kier alpha value is -0.290. The standard InChI is InChI=1S/C13H24F3NO/c1-2-9-17-11-6-3-4-7-12(11)18-10-5-8-13(14,15)16/h11-12,17H,2-10H2,1H3. The first-order chi connectivity index (χ1) is 8.53. The smallest absolute Gasteiger partial charge is 0.377 e. The predicted molar refractivity (Wildman–Crippen MR) is 65.6 cm³/mol. The Morgan fingerprint density at radius 3 is 2.61 bits per heavy atom. The van der Waals surface area contributed by atoms with Gasteiger partial charge < -0.3 is 10.1 Å². The lowest BCUT2D eigenvalue weighted by atomic mass is 9.92. The summed E-state index contributed by atoms with van der Waals surface area (Å²) < 4.78 is 41.6. The Morgan fingerprint density at radius 1 is 1.22 bits per heavy atom. The maximum absolute atomic E-state index is 12.0. The normalized spacial score (nSPS) is 25.3. The summed E-state index contributed by atoms with van der Waals surface area (Å²) in [5, 5.41) is 3.43. The van der Waals surface area contributed by atoms with Crippen LogP contribution in [0.4, 0.5) is 13.2 Å². The Bertz CT molecular complexity index is 221. The molecular formula is C13H24F3NO. The summed E-state index contributed by atoms with van der Waals surface area (Å²) >= 11 is 0. The Kier molecular flexibility index (Phi) is 7.00. The number of halogens is 3. The summed E-state index contributed by atoms with van der Waals surface area (Å²) in [5.74, 6) is 0. The largest absolute Gasteiger partial charge is 0.389 e. The predicted octanol–water partition coefficient (Wildman–Crippen LogP) is 3.66. The highest BCUT2D eigenvalue weighted by Gasteiger charge is 2.28. The topological polar surface area (TPSA) is 21.3 Å². The van der Waals surface area contributed by atoms with E-state index in [0.717, 1.165) is 32.2 Å². The maximum Gasteiger partial charge on any atom is 0.389 e. The van der Waals surface area contributed by atoms with Crippen molar-refractivity contribution < 1.29 is 17.9 Å². The minimum Gasteiger partial charge on any atom is -0.377 e. The van der Waals surface area contributed by atoms with Gasteiger partial charge in [0.25, 0.3) is 0 Å². The van der Waals surface area contributed by atoms with Crippen LogP contribution in [-0.2, 0) is 4.74 Å². The highest BCUT2D eigenvalue weighted by Crippen LogP contribution is 2.24. The van der Waals surface area contributed by atoms with Gasteiger partial charge in [-0.05, 0) is 32.2 Å². The Balaban J connectivity index is 2.20. The fourth-order valence-corrected chi connectivity index (χ4v) is 2.37. The van der Waals surface area contributed by atoms with Gasteiger partial charge in [-0.1, -0.05) is 19.8 Å². The molecule has 2 unspecified atom stereocenters. The molecule has 0 radical (unpaired) electrons. The van der Waals surface area contributed by atoms with Crippen molar-refractivity contribution in [3.8, 4) is 0 Å². The lowest BCUT2D eigenvalue weighted by Crippen LogP contribution is -2.44. The summed E-state index contributed by atoms with van der Waals surface area (Å²) in [6, 6.07) is 0.324. The van der Waals surface area contributed by atoms with E-state index >= 15 is 0 Å². The van der Waals surface area contributed by atoms with Gasteiger partial charge in [0.2, 0.25) is 0 Å². The fraction of sp³-hybridized carbons (Fsp3) is 1.00. The van der Waals surface area contributed by atoms with Crippen molar-refractivity contribution in [2.75, 3.05) is 13.2 Å². The SMILES string of the molecule is CCCNC1CCCCC1OCCCC(F)(F)F. The molecule has 1 N–H and O–H groups in total. The van der Waals surface area contributed by atoms with Gasteiger partial charge in [-0.3, -0.25) is 0 Å². The number of hydrogen-bond donors (Lipinski definition) is 1. The van der Waals surface area contributed by atoms with Gasteiger partial charge in [-0.2, -0.15) is 13.2 Å². The van der Waals surface area contributed by atoms with Gasteiger partial charge in [-0.25, -0.2) is 0 Å². The van der Waals surface area contributed by atoms with Gasteiger partial charge in [0.1, 0.15) is 0 Å². The third-order valence-electron chi connectivity index (χ3n) is 3.30. The molecule has 0 spiro atoms. The minimum absolute atomic E-state index is 0.0699. The fourth-order valence-electron chi connectivity index (χ4n) is 2.37. The lowest BCUT2D eigenvalue weighted by Gasteiger charge is -2.32. The van der Waals surface area contributed by atoms with Crippen molar-refractivity contribution >= 4 is 0 Å². The van der Waals surface area contributed by atoms with Crippen molar-refractivity contribution in [3.05, 3.63) is 0 Å². The van der Waals surface area contributed by atoms with Crippen LogP contribution in [0.1, 0.15) is 51.9 Å². The first kappa shape index (κ1) is 15.8. The van der Waals surface area contributed by atoms with Crippen LogP contribution in [0.15, 0.2) is 0 Å². The van der Waals surface area contributed by atoms with Crippen LogP contribution in [0.3, 0.4) is 0 Å². The van der Waals surface area contributed by atoms with Gasteiger partial charge in [0, 0.05) is 19.1 Å². The van der Waals surface area contributed by atoms with E-state index < -0.39 is 12.6 Å². The van der Waals surface area contributed by atoms with E-state index in [4.69, 9.17) is 4.74 Å². The number of ether oxygens (including phenoxy) is 1. The molecule has 1 aliphatic rings. The van der Waals surface area contributed by atoms with E-state index in [-0.39, 0.29) is 19.1 Å². The molecule has 108 valence electrons. The van der Waals surface area contributed by atoms with Crippen molar-refractivity contribution in [1.82, 2.24) is 5.32 Å². The Labute approximate surface area is 107 Å². The number of hydrogen-bond acceptors (Lipinski definition) is 2. The van der Waals surface area contributed by atoms with Crippen LogP contribution >= 0.6 is 0 Å². The minimum atomic E-state index is -4.06. The molecule has 0 bridgehead atoms. The van der Waals surface area contributed by atoms with E-state index in [1.165, 1.54) is 6.42 Å². The average molecular weight is 267 g/mol. The summed E-state index contributed by atoms with van der Waals surface area (Å²) in [7, 11) is 0. The van der Waals surface area contributed by atoms with E-state index in [0.29, 0.717) is 6.04 Å². The first-order valence-electron chi connectivity index (χ1n) is 6.94. The third kappa shape index (κ3) is 6.59. The summed E-state index contributed by atoms with van der Waals surface area (Å²) in [5.41, 5.74) is 0. The number of alkyl halides is 3. The van der Waals surface area contributed by atoms with Crippen LogP contribution in [0.5, 0.6) is 0 Å². The monoisotopic (exact) mass is 267 g/mol. The van der Waals surface area contributed by atoms with Gasteiger partial charge >= 0.3 is 6.18 Å². The lowest BCUT2D eigenvalue weighted by molar-refractivity contribution is -0.139. The van der Waals surface area contributed by atoms with Crippen LogP contribution in [0.2, 0.25) is 0 Å². The Morgan fingerprint density at radius 2 is 1.94 bits per heavy atom. The van der Waals surface area contributed by atoms with Crippen LogP contribution in [-0.4, -0.2) is 31.5 Å². The van der Waals surface area contributed by atoms with E-state index in [9.17, 15) is 13.2 Å².